The maximum Gasteiger partial charge on any atom is 0.144 e. The highest BCUT2D eigenvalue weighted by Crippen LogP contribution is 2.41. The SMILES string of the molecule is [2H]c1cc2c(oc3c(-c4cc(C([2H])(C)C)c(C([2H])([2H])C([2H])([2H])c5cc(C([2H])([2H])C([2H])([2H])c6cnc(-c7ccccc7)cc6C6([2H])CCCC6)cc(C([2H])([2H])C([2H])([2H])c6cnc(-c7ccccc7)cc6C6([2H])CCCC6)c5)cn4)cccc32)c(C([2H])([2H])[2H])c1C#N. The average molecular weight is 948 g/mol. The van der Waals surface area contributed by atoms with E-state index in [1.165, 1.54) is 38.4 Å². The highest BCUT2D eigenvalue weighted by Gasteiger charge is 2.24. The van der Waals surface area contributed by atoms with E-state index in [1.807, 2.05) is 18.2 Å². The second-order valence-corrected chi connectivity index (χ2v) is 18.4. The van der Waals surface area contributed by atoms with Crippen molar-refractivity contribution in [2.75, 3.05) is 0 Å². The number of hydrogen-bond donors (Lipinski definition) is 0. The van der Waals surface area contributed by atoms with Crippen LogP contribution in [-0.4, -0.2) is 15.0 Å². The molecule has 4 aromatic heterocycles. The summed E-state index contributed by atoms with van der Waals surface area (Å²) in [6.45, 7) is -0.0142. The lowest BCUT2D eigenvalue weighted by Crippen LogP contribution is -2.06. The Morgan fingerprint density at radius 2 is 1.13 bits per heavy atom. The van der Waals surface area contributed by atoms with Gasteiger partial charge in [-0.05, 0) is 175 Å². The van der Waals surface area contributed by atoms with Gasteiger partial charge >= 0.3 is 0 Å². The Kier molecular flexibility index (Phi) is 8.51. The summed E-state index contributed by atoms with van der Waals surface area (Å²) in [5.41, 5.74) is -1.50. The molecule has 5 nitrogen and oxygen atoms in total. The van der Waals surface area contributed by atoms with E-state index in [0.29, 0.717) is 79.3 Å². The number of benzene rings is 5. The Bertz CT molecular complexity index is 4160. The summed E-state index contributed by atoms with van der Waals surface area (Å²) in [7, 11) is 0. The Morgan fingerprint density at radius 1 is 0.620 bits per heavy atom. The fourth-order valence-electron chi connectivity index (χ4n) is 9.84. The van der Waals surface area contributed by atoms with Gasteiger partial charge in [0.1, 0.15) is 11.2 Å². The Balaban J connectivity index is 1.10. The monoisotopic (exact) mass is 948 g/mol. The van der Waals surface area contributed by atoms with Crippen LogP contribution < -0.4 is 0 Å². The molecule has 0 N–H and O–H groups in total. The van der Waals surface area contributed by atoms with Crippen LogP contribution in [0.4, 0.5) is 0 Å². The second-order valence-electron chi connectivity index (χ2n) is 18.4. The molecule has 0 atom stereocenters. The number of furan rings is 1. The molecule has 0 bridgehead atoms. The van der Waals surface area contributed by atoms with E-state index in [9.17, 15) is 25.8 Å². The van der Waals surface area contributed by atoms with Crippen molar-refractivity contribution >= 4 is 21.9 Å². The predicted molar refractivity (Wildman–Crippen MR) is 291 cm³/mol. The third-order valence-electron chi connectivity index (χ3n) is 13.5. The highest BCUT2D eigenvalue weighted by molar-refractivity contribution is 6.10. The van der Waals surface area contributed by atoms with E-state index in [1.54, 1.807) is 78.9 Å². The number of fused-ring (bicyclic) bond motifs is 3. The van der Waals surface area contributed by atoms with Crippen LogP contribution in [0.2, 0.25) is 0 Å². The summed E-state index contributed by atoms with van der Waals surface area (Å²) in [6.07, 6.45) is -12.4. The van der Waals surface area contributed by atoms with Gasteiger partial charge in [0.15, 0.2) is 0 Å². The Hall–Kier alpha value is -7.16. The molecular formula is C66H64N4O. The zero-order valence-electron chi connectivity index (χ0n) is 58.6. The normalized spacial score (nSPS) is 20.7. The third kappa shape index (κ3) is 9.83. The molecular weight excluding hydrogens is 865 g/mol. The summed E-state index contributed by atoms with van der Waals surface area (Å²) in [6, 6.07) is 32.9. The first kappa shape index (κ1) is 29.2. The van der Waals surface area contributed by atoms with E-state index in [4.69, 9.17) is 9.90 Å². The highest BCUT2D eigenvalue weighted by atomic mass is 16.3. The van der Waals surface area contributed by atoms with Crippen molar-refractivity contribution in [1.82, 2.24) is 15.0 Å². The van der Waals surface area contributed by atoms with Gasteiger partial charge in [-0.1, -0.05) is 131 Å². The minimum Gasteiger partial charge on any atom is -0.455 e. The fourth-order valence-corrected chi connectivity index (χ4v) is 9.84. The zero-order chi connectivity index (χ0) is 65.2. The molecule has 11 rings (SSSR count). The standard InChI is InChI=1S/C66H64N4O/c1-43(2)59-36-64(58-24-14-23-56-57-32-31-52(39-67)44(3)65(57)71-66(56)58)70-40-53(59)28-25-45-33-46(26-29-54-41-68-62(50-19-6-4-7-20-50)37-60(54)48-15-10-11-16-48)35-47(34-45)27-30-55-42-69-63(51-21-8-5-9-22-51)38-61(55)49-17-12-13-18-49/h4-9,14,19-24,31-38,40-43,48-49H,10-13,15-18,25-30H2,1-3H3/i3D3,25D2,26D2,27D2,28D2,29D2,30D2,31D,43D,48D,49D. The molecule has 71 heavy (non-hydrogen) atoms. The number of aromatic nitrogens is 3. The average Bonchev–Trinajstić information content (AvgIpc) is 1.43. The van der Waals surface area contributed by atoms with E-state index < -0.39 is 96.2 Å². The van der Waals surface area contributed by atoms with E-state index in [-0.39, 0.29) is 61.7 Å². The van der Waals surface area contributed by atoms with Gasteiger partial charge < -0.3 is 4.42 Å². The molecule has 0 radical (unpaired) electrons. The van der Waals surface area contributed by atoms with Crippen LogP contribution >= 0.6 is 0 Å². The van der Waals surface area contributed by atoms with E-state index in [0.717, 1.165) is 24.4 Å². The van der Waals surface area contributed by atoms with Gasteiger partial charge in [0.25, 0.3) is 0 Å². The lowest BCUT2D eigenvalue weighted by atomic mass is 9.88. The van der Waals surface area contributed by atoms with Crippen molar-refractivity contribution in [1.29, 1.82) is 5.26 Å². The summed E-state index contributed by atoms with van der Waals surface area (Å²) in [4.78, 5) is 13.8. The minimum atomic E-state index is -3.40. The van der Waals surface area contributed by atoms with Gasteiger partial charge in [-0.25, -0.2) is 0 Å². The summed E-state index contributed by atoms with van der Waals surface area (Å²) < 4.78 is 188. The molecule has 5 heteroatoms. The largest absolute Gasteiger partial charge is 0.455 e. The number of hydrogen-bond acceptors (Lipinski definition) is 5. The van der Waals surface area contributed by atoms with Crippen molar-refractivity contribution < 1.29 is 30.5 Å². The van der Waals surface area contributed by atoms with Crippen molar-refractivity contribution in [3.05, 3.63) is 207 Å². The van der Waals surface area contributed by atoms with Gasteiger partial charge in [0.05, 0.1) is 30.1 Å². The molecule has 2 saturated carbocycles. The second kappa shape index (κ2) is 20.7. The number of nitriles is 1. The first-order valence-corrected chi connectivity index (χ1v) is 24.2. The van der Waals surface area contributed by atoms with Gasteiger partial charge in [-0.2, -0.15) is 5.26 Å². The lowest BCUT2D eigenvalue weighted by molar-refractivity contribution is 0.666. The van der Waals surface area contributed by atoms with Gasteiger partial charge in [0.2, 0.25) is 0 Å². The summed E-state index contributed by atoms with van der Waals surface area (Å²) in [5.74, 6) is -4.53. The van der Waals surface area contributed by atoms with E-state index in [2.05, 4.69) is 15.0 Å². The van der Waals surface area contributed by atoms with Crippen molar-refractivity contribution in [3.8, 4) is 39.8 Å². The number of para-hydroxylation sites is 1. The molecule has 2 fully saturated rings. The first-order valence-electron chi connectivity index (χ1n) is 33.7. The Labute approximate surface area is 446 Å². The van der Waals surface area contributed by atoms with Crippen molar-refractivity contribution in [3.63, 3.8) is 0 Å². The van der Waals surface area contributed by atoms with Crippen LogP contribution in [0.3, 0.4) is 0 Å². The van der Waals surface area contributed by atoms with Gasteiger partial charge in [-0.3, -0.25) is 15.0 Å². The molecule has 0 spiro atoms. The fraction of sp³-hybridized carbons (Fsp3) is 0.303. The molecule has 9 aromatic rings. The van der Waals surface area contributed by atoms with E-state index >= 15 is 0 Å². The maximum atomic E-state index is 10.0. The van der Waals surface area contributed by atoms with Crippen LogP contribution in [-0.2, 0) is 38.2 Å². The quantitative estimate of drug-likeness (QED) is 0.102. The molecule has 0 saturated heterocycles. The number of nitrogens with zero attached hydrogens (tertiary/aromatic N) is 4. The lowest BCUT2D eigenvalue weighted by Gasteiger charge is -2.18. The zero-order valence-corrected chi connectivity index (χ0v) is 39.6. The molecule has 5 aromatic carbocycles. The van der Waals surface area contributed by atoms with Crippen LogP contribution in [0.5, 0.6) is 0 Å². The summed E-state index contributed by atoms with van der Waals surface area (Å²) in [5, 5.41) is 10.5. The molecule has 0 unspecified atom stereocenters. The molecule has 2 aliphatic carbocycles. The Morgan fingerprint density at radius 3 is 1.65 bits per heavy atom. The number of pyridine rings is 3. The van der Waals surface area contributed by atoms with Crippen molar-refractivity contribution in [2.24, 2.45) is 0 Å². The smallest absolute Gasteiger partial charge is 0.144 e. The van der Waals surface area contributed by atoms with Gasteiger partial charge in [-0.15, -0.1) is 0 Å². The summed E-state index contributed by atoms with van der Waals surface area (Å²) >= 11 is 0. The minimum absolute atomic E-state index is 0.0720. The van der Waals surface area contributed by atoms with Crippen LogP contribution in [0, 0.1) is 18.2 Å². The third-order valence-corrected chi connectivity index (χ3v) is 13.5. The predicted octanol–water partition coefficient (Wildman–Crippen LogP) is 16.7. The van der Waals surface area contributed by atoms with Crippen LogP contribution in [0.1, 0.15) is 170 Å². The molecule has 354 valence electrons. The van der Waals surface area contributed by atoms with Crippen LogP contribution in [0.15, 0.2) is 150 Å². The topological polar surface area (TPSA) is 75.6 Å². The molecule has 4 heterocycles. The number of aryl methyl sites for hydroxylation is 7. The molecule has 2 aliphatic rings. The number of rotatable bonds is 15. The molecule has 0 aliphatic heterocycles. The van der Waals surface area contributed by atoms with Gasteiger partial charge in [0, 0.05) is 76.3 Å². The van der Waals surface area contributed by atoms with Crippen molar-refractivity contribution in [2.45, 2.75) is 128 Å². The molecule has 0 amide bonds. The van der Waals surface area contributed by atoms with Crippen LogP contribution in [0.25, 0.3) is 55.7 Å². The first-order chi connectivity index (χ1) is 42.0. The maximum absolute atomic E-state index is 10.0.